The quantitative estimate of drug-likeness (QED) is 0.504. The topological polar surface area (TPSA) is 105 Å². The molecule has 1 aliphatic heterocycles. The minimum absolute atomic E-state index is 0.385. The highest BCUT2D eigenvalue weighted by atomic mass is 32.1. The van der Waals surface area contributed by atoms with Crippen LogP contribution in [0.5, 0.6) is 0 Å². The van der Waals surface area contributed by atoms with Gasteiger partial charge in [-0.05, 0) is 74.1 Å². The van der Waals surface area contributed by atoms with Crippen molar-refractivity contribution >= 4 is 40.2 Å². The summed E-state index contributed by atoms with van der Waals surface area (Å²) in [5.41, 5.74) is 3.28. The van der Waals surface area contributed by atoms with Gasteiger partial charge in [-0.15, -0.1) is 11.3 Å². The van der Waals surface area contributed by atoms with Crippen LogP contribution in [0.1, 0.15) is 63.7 Å². The van der Waals surface area contributed by atoms with Gasteiger partial charge in [0.2, 0.25) is 5.91 Å². The van der Waals surface area contributed by atoms with Crippen molar-refractivity contribution in [3.05, 3.63) is 50.9 Å². The maximum Gasteiger partial charge on any atom is 0.341 e. The molecule has 2 aromatic rings. The Kier molecular flexibility index (Phi) is 5.67. The van der Waals surface area contributed by atoms with Crippen LogP contribution in [0, 0.1) is 0 Å². The monoisotopic (exact) mass is 481 g/mol. The molecule has 9 heteroatoms. The van der Waals surface area contributed by atoms with Gasteiger partial charge in [0.05, 0.1) is 12.7 Å². The van der Waals surface area contributed by atoms with E-state index in [1.54, 1.807) is 6.92 Å². The molecule has 2 N–H and O–H groups in total. The van der Waals surface area contributed by atoms with Gasteiger partial charge in [-0.25, -0.2) is 9.59 Å². The van der Waals surface area contributed by atoms with Gasteiger partial charge in [-0.1, -0.05) is 18.2 Å². The molecule has 1 fully saturated rings. The lowest BCUT2D eigenvalue weighted by molar-refractivity contribution is -0.133. The second kappa shape index (κ2) is 8.54. The number of ether oxygens (including phenoxy) is 1. The number of carbonyl (C=O) groups is 4. The van der Waals surface area contributed by atoms with Gasteiger partial charge < -0.3 is 15.4 Å². The van der Waals surface area contributed by atoms with Crippen molar-refractivity contribution in [3.8, 4) is 0 Å². The summed E-state index contributed by atoms with van der Waals surface area (Å²) in [6.07, 6.45) is 6.70. The molecule has 0 spiro atoms. The Morgan fingerprint density at radius 2 is 1.88 bits per heavy atom. The number of esters is 1. The van der Waals surface area contributed by atoms with Crippen molar-refractivity contribution < 1.29 is 23.9 Å². The van der Waals surface area contributed by atoms with Gasteiger partial charge in [-0.2, -0.15) is 0 Å². The van der Waals surface area contributed by atoms with E-state index < -0.39 is 35.9 Å². The molecule has 1 aromatic carbocycles. The first-order chi connectivity index (χ1) is 16.3. The highest BCUT2D eigenvalue weighted by molar-refractivity contribution is 7.17. The predicted octanol–water partition coefficient (Wildman–Crippen LogP) is 3.31. The molecule has 1 unspecified atom stereocenters. The number of methoxy groups -OCH3 is 1. The zero-order chi connectivity index (χ0) is 24.0. The normalized spacial score (nSPS) is 21.2. The number of benzene rings is 1. The number of nitrogens with zero attached hydrogens (tertiary/aromatic N) is 1. The summed E-state index contributed by atoms with van der Waals surface area (Å²) in [5, 5.41) is 5.94. The van der Waals surface area contributed by atoms with Crippen molar-refractivity contribution in [1.29, 1.82) is 0 Å². The SMILES string of the molecule is COC(=O)c1c(NC(=O)CN2C(=O)NC(C)(c3ccc4c(c3)CCC4)C2=O)sc2c1CCCC2. The second-order valence-corrected chi connectivity index (χ2v) is 10.3. The van der Waals surface area contributed by atoms with E-state index in [2.05, 4.69) is 10.6 Å². The summed E-state index contributed by atoms with van der Waals surface area (Å²) in [4.78, 5) is 53.4. The maximum atomic E-state index is 13.3. The predicted molar refractivity (Wildman–Crippen MR) is 127 cm³/mol. The standard InChI is InChI=1S/C25H27N3O5S/c1-25(16-11-10-14-6-5-7-15(14)12-16)23(31)28(24(32)27-25)13-19(29)26-21-20(22(30)33-2)17-8-3-4-9-18(17)34-21/h10-12H,3-9,13H2,1-2H3,(H,26,29)(H,27,32). The van der Waals surface area contributed by atoms with E-state index in [0.29, 0.717) is 16.1 Å². The molecule has 4 amide bonds. The number of amides is 4. The van der Waals surface area contributed by atoms with Crippen LogP contribution in [0.2, 0.25) is 0 Å². The van der Waals surface area contributed by atoms with Crippen molar-refractivity contribution in [2.24, 2.45) is 0 Å². The molecule has 8 nitrogen and oxygen atoms in total. The second-order valence-electron chi connectivity index (χ2n) is 9.24. The van der Waals surface area contributed by atoms with E-state index in [4.69, 9.17) is 4.74 Å². The largest absolute Gasteiger partial charge is 0.465 e. The molecule has 178 valence electrons. The molecule has 1 saturated heterocycles. The minimum atomic E-state index is -1.23. The Morgan fingerprint density at radius 1 is 1.12 bits per heavy atom. The van der Waals surface area contributed by atoms with Gasteiger partial charge in [-0.3, -0.25) is 14.5 Å². The lowest BCUT2D eigenvalue weighted by Crippen LogP contribution is -2.42. The first kappa shape index (κ1) is 22.6. The fraction of sp³-hybridized carbons (Fsp3) is 0.440. The Bertz CT molecular complexity index is 1220. The van der Waals surface area contributed by atoms with Crippen LogP contribution in [0.4, 0.5) is 9.80 Å². The van der Waals surface area contributed by atoms with Gasteiger partial charge >= 0.3 is 12.0 Å². The summed E-state index contributed by atoms with van der Waals surface area (Å²) in [5.74, 6) is -1.50. The van der Waals surface area contributed by atoms with E-state index in [1.807, 2.05) is 18.2 Å². The zero-order valence-electron chi connectivity index (χ0n) is 19.3. The number of urea groups is 1. The molecule has 3 aliphatic rings. The van der Waals surface area contributed by atoms with E-state index in [-0.39, 0.29) is 0 Å². The van der Waals surface area contributed by atoms with E-state index in [9.17, 15) is 19.2 Å². The van der Waals surface area contributed by atoms with Crippen LogP contribution in [0.3, 0.4) is 0 Å². The average Bonchev–Trinajstić information content (AvgIpc) is 3.49. The number of anilines is 1. The van der Waals surface area contributed by atoms with Gasteiger partial charge in [0.25, 0.3) is 5.91 Å². The van der Waals surface area contributed by atoms with Crippen molar-refractivity contribution in [1.82, 2.24) is 10.2 Å². The fourth-order valence-electron chi connectivity index (χ4n) is 5.20. The summed E-state index contributed by atoms with van der Waals surface area (Å²) in [6, 6.07) is 5.28. The van der Waals surface area contributed by atoms with Gasteiger partial charge in [0.1, 0.15) is 17.1 Å². The Morgan fingerprint density at radius 3 is 2.68 bits per heavy atom. The van der Waals surface area contributed by atoms with Crippen LogP contribution in [-0.2, 0) is 45.5 Å². The third-order valence-electron chi connectivity index (χ3n) is 7.07. The molecular weight excluding hydrogens is 454 g/mol. The van der Waals surface area contributed by atoms with Crippen LogP contribution in [0.15, 0.2) is 18.2 Å². The maximum absolute atomic E-state index is 13.3. The minimum Gasteiger partial charge on any atom is -0.465 e. The van der Waals surface area contributed by atoms with E-state index in [1.165, 1.54) is 29.6 Å². The lowest BCUT2D eigenvalue weighted by Gasteiger charge is -2.23. The smallest absolute Gasteiger partial charge is 0.341 e. The van der Waals surface area contributed by atoms with Crippen molar-refractivity contribution in [2.75, 3.05) is 19.0 Å². The average molecular weight is 482 g/mol. The molecule has 0 bridgehead atoms. The van der Waals surface area contributed by atoms with Gasteiger partial charge in [0.15, 0.2) is 0 Å². The Labute approximate surface area is 201 Å². The zero-order valence-corrected chi connectivity index (χ0v) is 20.1. The summed E-state index contributed by atoms with van der Waals surface area (Å²) in [6.45, 7) is 1.23. The third-order valence-corrected chi connectivity index (χ3v) is 8.27. The lowest BCUT2D eigenvalue weighted by atomic mass is 9.89. The fourth-order valence-corrected chi connectivity index (χ4v) is 6.49. The van der Waals surface area contributed by atoms with Crippen LogP contribution < -0.4 is 10.6 Å². The number of thiophene rings is 1. The third kappa shape index (κ3) is 3.68. The molecule has 1 atom stereocenters. The summed E-state index contributed by atoms with van der Waals surface area (Å²) >= 11 is 1.36. The van der Waals surface area contributed by atoms with E-state index >= 15 is 0 Å². The highest BCUT2D eigenvalue weighted by Crippen LogP contribution is 2.39. The number of aryl methyl sites for hydroxylation is 3. The highest BCUT2D eigenvalue weighted by Gasteiger charge is 2.49. The number of carbonyl (C=O) groups excluding carboxylic acids is 4. The number of imide groups is 1. The molecule has 0 radical (unpaired) electrons. The molecule has 34 heavy (non-hydrogen) atoms. The molecule has 2 heterocycles. The Hall–Kier alpha value is -3.20. The summed E-state index contributed by atoms with van der Waals surface area (Å²) in [7, 11) is 1.31. The first-order valence-corrected chi connectivity index (χ1v) is 12.4. The molecule has 0 saturated carbocycles. The molecular formula is C25H27N3O5S. The molecule has 5 rings (SSSR count). The summed E-state index contributed by atoms with van der Waals surface area (Å²) < 4.78 is 4.95. The van der Waals surface area contributed by atoms with E-state index in [0.717, 1.165) is 60.3 Å². The van der Waals surface area contributed by atoms with Crippen molar-refractivity contribution in [3.63, 3.8) is 0 Å². The van der Waals surface area contributed by atoms with Gasteiger partial charge in [0, 0.05) is 4.88 Å². The van der Waals surface area contributed by atoms with Crippen LogP contribution in [0.25, 0.3) is 0 Å². The number of rotatable bonds is 5. The van der Waals surface area contributed by atoms with Crippen molar-refractivity contribution in [2.45, 2.75) is 57.4 Å². The first-order valence-electron chi connectivity index (χ1n) is 11.6. The van der Waals surface area contributed by atoms with Crippen LogP contribution in [-0.4, -0.2) is 42.4 Å². The number of hydrogen-bond donors (Lipinski definition) is 2. The number of fused-ring (bicyclic) bond motifs is 2. The number of hydrogen-bond acceptors (Lipinski definition) is 6. The molecule has 2 aliphatic carbocycles. The molecule has 1 aromatic heterocycles. The number of nitrogens with one attached hydrogen (secondary N) is 2. The van der Waals surface area contributed by atoms with Crippen LogP contribution >= 0.6 is 11.3 Å². The Balaban J connectivity index is 1.35.